The zero-order valence-electron chi connectivity index (χ0n) is 11.8. The lowest BCUT2D eigenvalue weighted by atomic mass is 9.94. The van der Waals surface area contributed by atoms with Crippen LogP contribution in [-0.2, 0) is 17.6 Å². The monoisotopic (exact) mass is 255 g/mol. The lowest BCUT2D eigenvalue weighted by Gasteiger charge is -2.14. The van der Waals surface area contributed by atoms with E-state index in [2.05, 4.69) is 24.0 Å². The van der Waals surface area contributed by atoms with Crippen molar-refractivity contribution in [1.82, 2.24) is 10.1 Å². The maximum Gasteiger partial charge on any atom is 0.226 e. The van der Waals surface area contributed by atoms with Gasteiger partial charge in [-0.15, -0.1) is 0 Å². The zero-order chi connectivity index (χ0) is 13.5. The standard InChI is InChI=1S/C13H25N3O2/c1-9(2)5-11(8-14)7-13-15-12(16-18-13)6-10(3)17-4/h9-11H,5-8,14H2,1-4H3/t10?,11-/m0/s1. The van der Waals surface area contributed by atoms with Crippen LogP contribution in [0.4, 0.5) is 0 Å². The molecule has 104 valence electrons. The Hall–Kier alpha value is -0.940. The van der Waals surface area contributed by atoms with Crippen molar-refractivity contribution < 1.29 is 9.26 Å². The Labute approximate surface area is 109 Å². The van der Waals surface area contributed by atoms with Gasteiger partial charge < -0.3 is 15.0 Å². The van der Waals surface area contributed by atoms with Crippen LogP contribution >= 0.6 is 0 Å². The van der Waals surface area contributed by atoms with Gasteiger partial charge in [0.1, 0.15) is 0 Å². The molecular weight excluding hydrogens is 230 g/mol. The summed E-state index contributed by atoms with van der Waals surface area (Å²) in [7, 11) is 1.68. The van der Waals surface area contributed by atoms with Gasteiger partial charge in [0.15, 0.2) is 5.82 Å². The molecule has 2 N–H and O–H groups in total. The number of rotatable bonds is 8. The van der Waals surface area contributed by atoms with Crippen molar-refractivity contribution >= 4 is 0 Å². The Balaban J connectivity index is 2.51. The van der Waals surface area contributed by atoms with Gasteiger partial charge in [-0.05, 0) is 31.7 Å². The molecule has 0 spiro atoms. The minimum atomic E-state index is 0.108. The van der Waals surface area contributed by atoms with Gasteiger partial charge in [0.25, 0.3) is 0 Å². The number of hydrogen-bond acceptors (Lipinski definition) is 5. The molecule has 0 radical (unpaired) electrons. The van der Waals surface area contributed by atoms with E-state index < -0.39 is 0 Å². The summed E-state index contributed by atoms with van der Waals surface area (Å²) in [6, 6.07) is 0. The topological polar surface area (TPSA) is 74.2 Å². The van der Waals surface area contributed by atoms with E-state index in [0.717, 1.165) is 12.8 Å². The van der Waals surface area contributed by atoms with Gasteiger partial charge in [-0.1, -0.05) is 19.0 Å². The van der Waals surface area contributed by atoms with Crippen LogP contribution in [0.5, 0.6) is 0 Å². The predicted molar refractivity (Wildman–Crippen MR) is 70.2 cm³/mol. The fourth-order valence-electron chi connectivity index (χ4n) is 1.97. The van der Waals surface area contributed by atoms with Crippen LogP contribution in [0, 0.1) is 11.8 Å². The van der Waals surface area contributed by atoms with Crippen LogP contribution in [0.15, 0.2) is 4.52 Å². The third-order valence-corrected chi connectivity index (χ3v) is 2.98. The summed E-state index contributed by atoms with van der Waals surface area (Å²) in [5.41, 5.74) is 5.77. The summed E-state index contributed by atoms with van der Waals surface area (Å²) in [4.78, 5) is 4.38. The van der Waals surface area contributed by atoms with E-state index in [9.17, 15) is 0 Å². The third kappa shape index (κ3) is 5.14. The second kappa shape index (κ2) is 7.48. The van der Waals surface area contributed by atoms with Gasteiger partial charge in [-0.3, -0.25) is 0 Å². The van der Waals surface area contributed by atoms with Gasteiger partial charge in [0.2, 0.25) is 5.89 Å². The molecule has 2 atom stereocenters. The maximum atomic E-state index is 5.77. The minimum Gasteiger partial charge on any atom is -0.381 e. The molecule has 0 aliphatic heterocycles. The Kier molecular flexibility index (Phi) is 6.29. The third-order valence-electron chi connectivity index (χ3n) is 2.98. The Bertz CT molecular complexity index is 339. The molecule has 0 saturated carbocycles. The van der Waals surface area contributed by atoms with E-state index in [0.29, 0.717) is 36.5 Å². The highest BCUT2D eigenvalue weighted by Gasteiger charge is 2.15. The van der Waals surface area contributed by atoms with Crippen molar-refractivity contribution in [3.05, 3.63) is 11.7 Å². The van der Waals surface area contributed by atoms with Crippen molar-refractivity contribution in [2.75, 3.05) is 13.7 Å². The quantitative estimate of drug-likeness (QED) is 0.767. The number of ether oxygens (including phenoxy) is 1. The lowest BCUT2D eigenvalue weighted by molar-refractivity contribution is 0.116. The first-order valence-electron chi connectivity index (χ1n) is 6.59. The highest BCUT2D eigenvalue weighted by atomic mass is 16.5. The van der Waals surface area contributed by atoms with E-state index >= 15 is 0 Å². The summed E-state index contributed by atoms with van der Waals surface area (Å²) in [5, 5.41) is 3.96. The Morgan fingerprint density at radius 1 is 1.28 bits per heavy atom. The van der Waals surface area contributed by atoms with Crippen LogP contribution in [-0.4, -0.2) is 29.9 Å². The average molecular weight is 255 g/mol. The van der Waals surface area contributed by atoms with Crippen LogP contribution in [0.3, 0.4) is 0 Å². The number of methoxy groups -OCH3 is 1. The van der Waals surface area contributed by atoms with E-state index in [1.54, 1.807) is 7.11 Å². The second-order valence-electron chi connectivity index (χ2n) is 5.29. The molecule has 0 aromatic carbocycles. The van der Waals surface area contributed by atoms with Crippen LogP contribution in [0.2, 0.25) is 0 Å². The summed E-state index contributed by atoms with van der Waals surface area (Å²) >= 11 is 0. The lowest BCUT2D eigenvalue weighted by Crippen LogP contribution is -2.19. The Morgan fingerprint density at radius 3 is 2.56 bits per heavy atom. The molecule has 5 nitrogen and oxygen atoms in total. The van der Waals surface area contributed by atoms with Gasteiger partial charge in [0, 0.05) is 20.0 Å². The molecule has 0 fully saturated rings. The second-order valence-corrected chi connectivity index (χ2v) is 5.29. The average Bonchev–Trinajstić information content (AvgIpc) is 2.74. The SMILES string of the molecule is COC(C)Cc1noc(C[C@@H](CN)CC(C)C)n1. The molecule has 0 amide bonds. The normalized spacial score (nSPS) is 15.0. The molecule has 0 aliphatic rings. The van der Waals surface area contributed by atoms with Crippen LogP contribution < -0.4 is 5.73 Å². The van der Waals surface area contributed by atoms with E-state index in [1.807, 2.05) is 6.92 Å². The highest BCUT2D eigenvalue weighted by molar-refractivity contribution is 4.90. The molecule has 1 unspecified atom stereocenters. The van der Waals surface area contributed by atoms with Crippen molar-refractivity contribution in [3.63, 3.8) is 0 Å². The van der Waals surface area contributed by atoms with Gasteiger partial charge in [0.05, 0.1) is 6.10 Å². The van der Waals surface area contributed by atoms with E-state index in [1.165, 1.54) is 0 Å². The fraction of sp³-hybridized carbons (Fsp3) is 0.846. The number of hydrogen-bond donors (Lipinski definition) is 1. The summed E-state index contributed by atoms with van der Waals surface area (Å²) < 4.78 is 10.4. The van der Waals surface area contributed by atoms with Gasteiger partial charge >= 0.3 is 0 Å². The molecule has 0 saturated heterocycles. The molecule has 18 heavy (non-hydrogen) atoms. The van der Waals surface area contributed by atoms with Crippen molar-refractivity contribution in [2.24, 2.45) is 17.6 Å². The minimum absolute atomic E-state index is 0.108. The highest BCUT2D eigenvalue weighted by Crippen LogP contribution is 2.15. The maximum absolute atomic E-state index is 5.77. The molecule has 1 aromatic heterocycles. The molecule has 0 aliphatic carbocycles. The molecule has 1 aromatic rings. The summed E-state index contributed by atoms with van der Waals surface area (Å²) in [5.74, 6) is 2.44. The van der Waals surface area contributed by atoms with Gasteiger partial charge in [-0.25, -0.2) is 0 Å². The first-order chi connectivity index (χ1) is 8.55. The van der Waals surface area contributed by atoms with Crippen molar-refractivity contribution in [2.45, 2.75) is 46.1 Å². The first kappa shape index (κ1) is 15.1. The van der Waals surface area contributed by atoms with E-state index in [-0.39, 0.29) is 6.10 Å². The zero-order valence-corrected chi connectivity index (χ0v) is 11.8. The Morgan fingerprint density at radius 2 is 2.00 bits per heavy atom. The summed E-state index contributed by atoms with van der Waals surface area (Å²) in [6.45, 7) is 7.03. The van der Waals surface area contributed by atoms with Crippen molar-refractivity contribution in [3.8, 4) is 0 Å². The predicted octanol–water partition coefficient (Wildman–Crippen LogP) is 1.81. The smallest absolute Gasteiger partial charge is 0.226 e. The molecule has 1 rings (SSSR count). The first-order valence-corrected chi connectivity index (χ1v) is 6.59. The van der Waals surface area contributed by atoms with Crippen molar-refractivity contribution in [1.29, 1.82) is 0 Å². The molecular formula is C13H25N3O2. The largest absolute Gasteiger partial charge is 0.381 e. The van der Waals surface area contributed by atoms with Crippen LogP contribution in [0.1, 0.15) is 38.9 Å². The van der Waals surface area contributed by atoms with E-state index in [4.69, 9.17) is 15.0 Å². The summed E-state index contributed by atoms with van der Waals surface area (Å²) in [6.07, 6.45) is 2.64. The van der Waals surface area contributed by atoms with Crippen LogP contribution in [0.25, 0.3) is 0 Å². The number of nitrogens with two attached hydrogens (primary N) is 1. The molecule has 5 heteroatoms. The number of aromatic nitrogens is 2. The number of nitrogens with zero attached hydrogens (tertiary/aromatic N) is 2. The van der Waals surface area contributed by atoms with Gasteiger partial charge in [-0.2, -0.15) is 4.98 Å². The molecule has 1 heterocycles. The molecule has 0 bridgehead atoms. The fourth-order valence-corrected chi connectivity index (χ4v) is 1.97.